The Balaban J connectivity index is 1.53. The van der Waals surface area contributed by atoms with Gasteiger partial charge in [-0.15, -0.1) is 4.31 Å². The number of nitrogen functional groups attached to an aromatic ring is 1. The Bertz CT molecular complexity index is 873. The quantitative estimate of drug-likeness (QED) is 0.315. The number of nitrogens with zero attached hydrogens (tertiary/aromatic N) is 2. The number of benzene rings is 1. The van der Waals surface area contributed by atoms with E-state index in [-0.39, 0.29) is 17.6 Å². The Morgan fingerprint density at radius 1 is 1.31 bits per heavy atom. The van der Waals surface area contributed by atoms with Crippen molar-refractivity contribution in [2.75, 3.05) is 48.3 Å². The Hall–Kier alpha value is -2.27. The van der Waals surface area contributed by atoms with Crippen LogP contribution in [-0.2, 0) is 17.8 Å². The van der Waals surface area contributed by atoms with Gasteiger partial charge in [0.25, 0.3) is 11.9 Å². The van der Waals surface area contributed by atoms with E-state index < -0.39 is 11.4 Å². The van der Waals surface area contributed by atoms with E-state index in [0.717, 1.165) is 37.2 Å². The molecule has 1 aliphatic rings. The molecular formula is C22H34N6O3S. The Kier molecular flexibility index (Phi) is 9.22. The minimum absolute atomic E-state index is 0.0429. The second kappa shape index (κ2) is 12.1. The maximum atomic E-state index is 12.7. The number of aromatic nitrogens is 1. The summed E-state index contributed by atoms with van der Waals surface area (Å²) in [5.74, 6) is 0.270. The first-order chi connectivity index (χ1) is 15.5. The molecule has 0 spiro atoms. The van der Waals surface area contributed by atoms with Crippen molar-refractivity contribution in [1.82, 2.24) is 14.6 Å². The van der Waals surface area contributed by atoms with Crippen molar-refractivity contribution in [3.8, 4) is 0 Å². The molecule has 1 aliphatic carbocycles. The first-order valence-electron chi connectivity index (χ1n) is 11.3. The van der Waals surface area contributed by atoms with Gasteiger partial charge in [-0.2, -0.15) is 4.98 Å². The number of amides is 1. The maximum absolute atomic E-state index is 12.7. The summed E-state index contributed by atoms with van der Waals surface area (Å²) in [6.45, 7) is 7.06. The number of anilines is 3. The highest BCUT2D eigenvalue weighted by Crippen LogP contribution is 2.23. The van der Waals surface area contributed by atoms with E-state index >= 15 is 0 Å². The van der Waals surface area contributed by atoms with Crippen LogP contribution in [0.2, 0.25) is 0 Å². The minimum Gasteiger partial charge on any atom is -0.598 e. The van der Waals surface area contributed by atoms with Gasteiger partial charge in [0.15, 0.2) is 5.69 Å². The van der Waals surface area contributed by atoms with E-state index in [2.05, 4.69) is 27.9 Å². The fraction of sp³-hybridized carbons (Fsp3) is 0.545. The van der Waals surface area contributed by atoms with Crippen LogP contribution in [-0.4, -0.2) is 57.7 Å². The molecule has 0 aliphatic heterocycles. The van der Waals surface area contributed by atoms with Gasteiger partial charge in [0.05, 0.1) is 6.54 Å². The standard InChI is InChI=1S/C22H34N6O3S/c1-3-11-28(32(30)13-10-25-17-7-8-17)12-9-24-18-6-5-16(4-2)19(14-18)26-21(29)20-15-31-22(23)27-20/h5-6,14-15,17,24-25H,3-4,7-13H2,1-2H3,(H2,23,27)(H,26,29). The van der Waals surface area contributed by atoms with E-state index in [1.165, 1.54) is 19.1 Å². The van der Waals surface area contributed by atoms with Crippen LogP contribution in [0.25, 0.3) is 0 Å². The molecule has 10 heteroatoms. The lowest BCUT2D eigenvalue weighted by Gasteiger charge is -2.24. The van der Waals surface area contributed by atoms with Crippen LogP contribution in [0.1, 0.15) is 49.2 Å². The van der Waals surface area contributed by atoms with E-state index in [0.29, 0.717) is 30.6 Å². The molecule has 1 heterocycles. The smallest absolute Gasteiger partial charge is 0.292 e. The molecule has 1 fully saturated rings. The summed E-state index contributed by atoms with van der Waals surface area (Å²) in [5.41, 5.74) is 8.20. The zero-order chi connectivity index (χ0) is 22.9. The Morgan fingerprint density at radius 3 is 2.78 bits per heavy atom. The number of nitrogens with two attached hydrogens (primary N) is 1. The average Bonchev–Trinajstić information content (AvgIpc) is 3.50. The van der Waals surface area contributed by atoms with Gasteiger partial charge >= 0.3 is 0 Å². The largest absolute Gasteiger partial charge is 0.598 e. The third-order valence-corrected chi connectivity index (χ3v) is 6.73. The predicted octanol–water partition coefficient (Wildman–Crippen LogP) is 2.61. The summed E-state index contributed by atoms with van der Waals surface area (Å²) in [5, 5.41) is 9.69. The fourth-order valence-corrected chi connectivity index (χ4v) is 4.58. The molecule has 9 nitrogen and oxygen atoms in total. The van der Waals surface area contributed by atoms with Gasteiger partial charge in [0.2, 0.25) is 0 Å². The zero-order valence-electron chi connectivity index (χ0n) is 18.9. The zero-order valence-corrected chi connectivity index (χ0v) is 19.7. The molecule has 0 radical (unpaired) electrons. The van der Waals surface area contributed by atoms with Crippen molar-refractivity contribution in [3.05, 3.63) is 35.7 Å². The number of nitrogens with one attached hydrogen (secondary N) is 3. The molecule has 0 saturated heterocycles. The topological polar surface area (TPSA) is 132 Å². The van der Waals surface area contributed by atoms with Gasteiger partial charge in [-0.3, -0.25) is 4.79 Å². The molecule has 2 aromatic rings. The predicted molar refractivity (Wildman–Crippen MR) is 129 cm³/mol. The van der Waals surface area contributed by atoms with Crippen LogP contribution in [0, 0.1) is 0 Å². The van der Waals surface area contributed by atoms with E-state index in [4.69, 9.17) is 10.2 Å². The SMILES string of the molecule is CCCN(CCNc1ccc(CC)c(NC(=O)c2coc(N)n2)c1)[S+]([O-])CCNC1CC1. The third kappa shape index (κ3) is 7.40. The molecule has 1 saturated carbocycles. The van der Waals surface area contributed by atoms with E-state index in [1.54, 1.807) is 0 Å². The van der Waals surface area contributed by atoms with Gasteiger partial charge < -0.3 is 30.7 Å². The summed E-state index contributed by atoms with van der Waals surface area (Å²) in [7, 11) is 0. The van der Waals surface area contributed by atoms with Crippen molar-refractivity contribution >= 4 is 34.7 Å². The van der Waals surface area contributed by atoms with Gasteiger partial charge in [-0.05, 0) is 43.4 Å². The molecule has 1 amide bonds. The summed E-state index contributed by atoms with van der Waals surface area (Å²) in [6, 6.07) is 6.47. The number of carbonyl (C=O) groups excluding carboxylic acids is 1. The van der Waals surface area contributed by atoms with Crippen molar-refractivity contribution in [3.63, 3.8) is 0 Å². The normalized spacial score (nSPS) is 14.5. The Morgan fingerprint density at radius 2 is 2.12 bits per heavy atom. The number of rotatable bonds is 14. The van der Waals surface area contributed by atoms with Crippen LogP contribution < -0.4 is 21.7 Å². The number of carbonyl (C=O) groups is 1. The van der Waals surface area contributed by atoms with Gasteiger partial charge in [-0.1, -0.05) is 19.9 Å². The van der Waals surface area contributed by atoms with Gasteiger partial charge in [0, 0.05) is 48.4 Å². The molecule has 1 atom stereocenters. The monoisotopic (exact) mass is 462 g/mol. The van der Waals surface area contributed by atoms with Gasteiger partial charge in [0.1, 0.15) is 12.0 Å². The maximum Gasteiger partial charge on any atom is 0.292 e. The minimum atomic E-state index is -0.993. The molecule has 5 N–H and O–H groups in total. The summed E-state index contributed by atoms with van der Waals surface area (Å²) in [4.78, 5) is 16.3. The Labute approximate surface area is 192 Å². The first-order valence-corrected chi connectivity index (χ1v) is 12.5. The fourth-order valence-electron chi connectivity index (χ4n) is 3.35. The molecule has 1 unspecified atom stereocenters. The van der Waals surface area contributed by atoms with E-state index in [9.17, 15) is 9.35 Å². The lowest BCUT2D eigenvalue weighted by atomic mass is 10.1. The van der Waals surface area contributed by atoms with Crippen molar-refractivity contribution in [2.24, 2.45) is 0 Å². The van der Waals surface area contributed by atoms with Crippen LogP contribution in [0.3, 0.4) is 0 Å². The number of oxazole rings is 1. The molecule has 1 aromatic heterocycles. The van der Waals surface area contributed by atoms with Crippen molar-refractivity contribution < 1.29 is 13.8 Å². The van der Waals surface area contributed by atoms with Crippen LogP contribution in [0.15, 0.2) is 28.9 Å². The van der Waals surface area contributed by atoms with Crippen LogP contribution in [0.5, 0.6) is 0 Å². The number of aryl methyl sites for hydroxylation is 1. The second-order valence-electron chi connectivity index (χ2n) is 7.86. The highest BCUT2D eigenvalue weighted by atomic mass is 32.2. The molecule has 0 bridgehead atoms. The average molecular weight is 463 g/mol. The molecule has 3 rings (SSSR count). The summed E-state index contributed by atoms with van der Waals surface area (Å²) < 4.78 is 19.6. The van der Waals surface area contributed by atoms with E-state index in [1.807, 2.05) is 29.4 Å². The number of hydrogen-bond acceptors (Lipinski definition) is 8. The first kappa shape index (κ1) is 24.4. The van der Waals surface area contributed by atoms with Crippen LogP contribution >= 0.6 is 0 Å². The molecule has 1 aromatic carbocycles. The molecule has 32 heavy (non-hydrogen) atoms. The molecular weight excluding hydrogens is 428 g/mol. The van der Waals surface area contributed by atoms with Crippen molar-refractivity contribution in [1.29, 1.82) is 0 Å². The van der Waals surface area contributed by atoms with Crippen molar-refractivity contribution in [2.45, 2.75) is 45.6 Å². The lowest BCUT2D eigenvalue weighted by Crippen LogP contribution is -2.39. The highest BCUT2D eigenvalue weighted by Gasteiger charge is 2.23. The summed E-state index contributed by atoms with van der Waals surface area (Å²) in [6.07, 6.45) is 5.44. The van der Waals surface area contributed by atoms with Gasteiger partial charge in [-0.25, -0.2) is 0 Å². The lowest BCUT2D eigenvalue weighted by molar-refractivity contribution is 0.102. The highest BCUT2D eigenvalue weighted by molar-refractivity contribution is 7.89. The summed E-state index contributed by atoms with van der Waals surface area (Å²) >= 11 is -0.993. The second-order valence-corrected chi connectivity index (χ2v) is 9.43. The molecule has 176 valence electrons. The van der Waals surface area contributed by atoms with Crippen LogP contribution in [0.4, 0.5) is 17.4 Å². The number of hydrogen-bond donors (Lipinski definition) is 4. The third-order valence-electron chi connectivity index (χ3n) is 5.23.